The van der Waals surface area contributed by atoms with E-state index in [-0.39, 0.29) is 5.41 Å². The summed E-state index contributed by atoms with van der Waals surface area (Å²) in [5.41, 5.74) is 2.05. The van der Waals surface area contributed by atoms with Crippen molar-refractivity contribution >= 4 is 11.6 Å². The van der Waals surface area contributed by atoms with Crippen LogP contribution >= 0.6 is 11.6 Å². The lowest BCUT2D eigenvalue weighted by Gasteiger charge is -2.25. The van der Waals surface area contributed by atoms with E-state index in [1.807, 2.05) is 24.9 Å². The van der Waals surface area contributed by atoms with E-state index in [9.17, 15) is 0 Å². The summed E-state index contributed by atoms with van der Waals surface area (Å²) < 4.78 is 1.89. The molecule has 1 heterocycles. The molecule has 3 nitrogen and oxygen atoms in total. The Morgan fingerprint density at radius 2 is 2.24 bits per heavy atom. The molecule has 96 valence electrons. The molecule has 0 aromatic carbocycles. The topological polar surface area (TPSA) is 29.9 Å². The maximum Gasteiger partial charge on any atom is 0.0850 e. The van der Waals surface area contributed by atoms with E-state index in [0.29, 0.717) is 0 Å². The van der Waals surface area contributed by atoms with Gasteiger partial charge >= 0.3 is 0 Å². The molecular weight excluding hydrogens is 234 g/mol. The van der Waals surface area contributed by atoms with Crippen LogP contribution in [0.2, 0.25) is 5.02 Å². The minimum atomic E-state index is -0.00278. The molecule has 1 N–H and O–H groups in total. The summed E-state index contributed by atoms with van der Waals surface area (Å²) in [7, 11) is 3.90. The first-order valence-electron chi connectivity index (χ1n) is 5.96. The number of aromatic nitrogens is 2. The van der Waals surface area contributed by atoms with Crippen molar-refractivity contribution in [2.24, 2.45) is 12.5 Å². The van der Waals surface area contributed by atoms with Crippen LogP contribution in [0.25, 0.3) is 0 Å². The quantitative estimate of drug-likeness (QED) is 0.792. The molecule has 0 amide bonds. The van der Waals surface area contributed by atoms with Gasteiger partial charge in [-0.25, -0.2) is 0 Å². The summed E-state index contributed by atoms with van der Waals surface area (Å²) in [5, 5.41) is 8.44. The van der Waals surface area contributed by atoms with Crippen LogP contribution in [0.5, 0.6) is 0 Å². The number of nitrogens with zero attached hydrogens (tertiary/aromatic N) is 2. The zero-order valence-electron chi connectivity index (χ0n) is 11.2. The normalized spacial score (nSPS) is 14.6. The lowest BCUT2D eigenvalue weighted by atomic mass is 9.85. The fraction of sp³-hybridized carbons (Fsp3) is 0.615. The van der Waals surface area contributed by atoms with Crippen LogP contribution in [-0.2, 0) is 19.9 Å². The van der Waals surface area contributed by atoms with E-state index in [1.165, 1.54) is 0 Å². The Hall–Kier alpha value is -0.800. The Morgan fingerprint density at radius 3 is 2.65 bits per heavy atom. The first kappa shape index (κ1) is 14.3. The van der Waals surface area contributed by atoms with Gasteiger partial charge in [-0.15, -0.1) is 6.58 Å². The van der Waals surface area contributed by atoms with Crippen LogP contribution in [0.4, 0.5) is 0 Å². The van der Waals surface area contributed by atoms with Crippen LogP contribution in [-0.4, -0.2) is 23.4 Å². The maximum absolute atomic E-state index is 6.35. The molecule has 0 aliphatic carbocycles. The summed E-state index contributed by atoms with van der Waals surface area (Å²) in [6.07, 6.45) is 3.70. The highest BCUT2D eigenvalue weighted by Gasteiger charge is 2.24. The highest BCUT2D eigenvalue weighted by molar-refractivity contribution is 6.31. The van der Waals surface area contributed by atoms with Gasteiger partial charge in [0.15, 0.2) is 0 Å². The van der Waals surface area contributed by atoms with Gasteiger partial charge in [0.05, 0.1) is 16.4 Å². The van der Waals surface area contributed by atoms with Gasteiger partial charge in [-0.3, -0.25) is 4.68 Å². The fourth-order valence-electron chi connectivity index (χ4n) is 2.01. The van der Waals surface area contributed by atoms with Crippen molar-refractivity contribution in [3.05, 3.63) is 29.1 Å². The van der Waals surface area contributed by atoms with E-state index >= 15 is 0 Å². The summed E-state index contributed by atoms with van der Waals surface area (Å²) in [5.74, 6) is 0. The molecule has 17 heavy (non-hydrogen) atoms. The predicted molar refractivity (Wildman–Crippen MR) is 73.5 cm³/mol. The van der Waals surface area contributed by atoms with Crippen LogP contribution in [0.3, 0.4) is 0 Å². The Labute approximate surface area is 109 Å². The summed E-state index contributed by atoms with van der Waals surface area (Å²) in [6, 6.07) is 0. The van der Waals surface area contributed by atoms with Gasteiger partial charge in [-0.1, -0.05) is 31.5 Å². The molecule has 1 aromatic rings. The first-order valence-corrected chi connectivity index (χ1v) is 6.33. The van der Waals surface area contributed by atoms with Crippen molar-refractivity contribution in [3.63, 3.8) is 0 Å². The maximum atomic E-state index is 6.35. The minimum Gasteiger partial charge on any atom is -0.319 e. The van der Waals surface area contributed by atoms with Crippen molar-refractivity contribution in [3.8, 4) is 0 Å². The zero-order chi connectivity index (χ0) is 13.1. The van der Waals surface area contributed by atoms with Crippen molar-refractivity contribution in [2.45, 2.75) is 26.7 Å². The molecule has 1 unspecified atom stereocenters. The van der Waals surface area contributed by atoms with E-state index < -0.39 is 0 Å². The molecule has 1 atom stereocenters. The molecule has 0 aliphatic rings. The molecule has 1 aromatic heterocycles. The smallest absolute Gasteiger partial charge is 0.0850 e. The Bertz CT molecular complexity index is 398. The summed E-state index contributed by atoms with van der Waals surface area (Å²) >= 11 is 6.35. The second-order valence-electron chi connectivity index (χ2n) is 4.75. The number of rotatable bonds is 6. The Kier molecular flexibility index (Phi) is 4.78. The monoisotopic (exact) mass is 255 g/mol. The highest BCUT2D eigenvalue weighted by Crippen LogP contribution is 2.29. The number of aryl methyl sites for hydroxylation is 2. The number of hydrogen-bond donors (Lipinski definition) is 1. The Morgan fingerprint density at radius 1 is 1.59 bits per heavy atom. The van der Waals surface area contributed by atoms with Crippen molar-refractivity contribution in [2.75, 3.05) is 13.6 Å². The predicted octanol–water partition coefficient (Wildman–Crippen LogP) is 2.59. The molecular formula is C13H22ClN3. The minimum absolute atomic E-state index is 0.00278. The van der Waals surface area contributed by atoms with Crippen molar-refractivity contribution in [1.29, 1.82) is 0 Å². The standard InChI is InChI=1S/C13H22ClN3/c1-6-10-12(14)11(17(5)16-10)8-13(3,7-2)9-15-4/h7,15H,2,6,8-9H2,1,3-5H3. The number of halogens is 1. The SMILES string of the molecule is C=CC(C)(CNC)Cc1c(Cl)c(CC)nn1C. The fourth-order valence-corrected chi connectivity index (χ4v) is 2.37. The molecule has 0 fully saturated rings. The van der Waals surface area contributed by atoms with E-state index in [2.05, 4.69) is 30.8 Å². The zero-order valence-corrected chi connectivity index (χ0v) is 11.9. The van der Waals surface area contributed by atoms with Gasteiger partial charge in [0.2, 0.25) is 0 Å². The van der Waals surface area contributed by atoms with Gasteiger partial charge in [-0.2, -0.15) is 5.10 Å². The molecule has 0 radical (unpaired) electrons. The van der Waals surface area contributed by atoms with Gasteiger partial charge in [0, 0.05) is 25.4 Å². The number of nitrogens with one attached hydrogen (secondary N) is 1. The molecule has 0 saturated carbocycles. The molecule has 0 spiro atoms. The van der Waals surface area contributed by atoms with E-state index in [0.717, 1.165) is 35.8 Å². The summed E-state index contributed by atoms with van der Waals surface area (Å²) in [6.45, 7) is 9.04. The molecule has 4 heteroatoms. The van der Waals surface area contributed by atoms with Gasteiger partial charge in [0.25, 0.3) is 0 Å². The molecule has 0 saturated heterocycles. The lowest BCUT2D eigenvalue weighted by Crippen LogP contribution is -2.30. The average Bonchev–Trinajstić information content (AvgIpc) is 2.57. The van der Waals surface area contributed by atoms with Crippen molar-refractivity contribution in [1.82, 2.24) is 15.1 Å². The first-order chi connectivity index (χ1) is 7.97. The van der Waals surface area contributed by atoms with E-state index in [4.69, 9.17) is 11.6 Å². The third-order valence-corrected chi connectivity index (χ3v) is 3.58. The third kappa shape index (κ3) is 3.11. The summed E-state index contributed by atoms with van der Waals surface area (Å²) in [4.78, 5) is 0. The Balaban J connectivity index is 3.01. The molecule has 0 aliphatic heterocycles. The highest BCUT2D eigenvalue weighted by atomic mass is 35.5. The van der Waals surface area contributed by atoms with E-state index in [1.54, 1.807) is 0 Å². The average molecular weight is 256 g/mol. The second kappa shape index (κ2) is 5.69. The van der Waals surface area contributed by atoms with Crippen LogP contribution < -0.4 is 5.32 Å². The molecule has 0 bridgehead atoms. The second-order valence-corrected chi connectivity index (χ2v) is 5.13. The third-order valence-electron chi connectivity index (χ3n) is 3.15. The van der Waals surface area contributed by atoms with Crippen molar-refractivity contribution < 1.29 is 0 Å². The van der Waals surface area contributed by atoms with Gasteiger partial charge < -0.3 is 5.32 Å². The molecule has 1 rings (SSSR count). The van der Waals surface area contributed by atoms with Crippen LogP contribution in [0.1, 0.15) is 25.2 Å². The van der Waals surface area contributed by atoms with Gasteiger partial charge in [-0.05, 0) is 13.5 Å². The van der Waals surface area contributed by atoms with Gasteiger partial charge in [0.1, 0.15) is 0 Å². The van der Waals surface area contributed by atoms with Crippen LogP contribution in [0, 0.1) is 5.41 Å². The lowest BCUT2D eigenvalue weighted by molar-refractivity contribution is 0.395. The largest absolute Gasteiger partial charge is 0.319 e. The van der Waals surface area contributed by atoms with Crippen LogP contribution in [0.15, 0.2) is 12.7 Å². The number of hydrogen-bond acceptors (Lipinski definition) is 2.